The van der Waals surface area contributed by atoms with Crippen LogP contribution >= 0.6 is 0 Å². The quantitative estimate of drug-likeness (QED) is 0.0975. The maximum absolute atomic E-state index is 12.7. The van der Waals surface area contributed by atoms with Crippen LogP contribution in [0.4, 0.5) is 0 Å². The molecule has 0 saturated heterocycles. The Kier molecular flexibility index (Phi) is 12.0. The van der Waals surface area contributed by atoms with E-state index in [1.807, 2.05) is 6.92 Å². The van der Waals surface area contributed by atoms with E-state index in [9.17, 15) is 24.3 Å². The zero-order chi connectivity index (χ0) is 22.6. The minimum atomic E-state index is -1.16. The summed E-state index contributed by atoms with van der Waals surface area (Å²) < 4.78 is 0. The van der Waals surface area contributed by atoms with E-state index < -0.39 is 41.8 Å². The zero-order valence-corrected chi connectivity index (χ0v) is 17.1. The first-order valence-corrected chi connectivity index (χ1v) is 9.41. The molecule has 4 unspecified atom stereocenters. The van der Waals surface area contributed by atoms with Gasteiger partial charge in [-0.25, -0.2) is 4.79 Å². The minimum Gasteiger partial charge on any atom is -0.480 e. The smallest absolute Gasteiger partial charge is 0.326 e. The normalized spacial score (nSPS) is 14.6. The number of carboxylic acids is 1. The van der Waals surface area contributed by atoms with Crippen LogP contribution in [0.5, 0.6) is 0 Å². The predicted octanol–water partition coefficient (Wildman–Crippen LogP) is -2.40. The number of guanidine groups is 1. The maximum Gasteiger partial charge on any atom is 0.326 e. The molecule has 0 spiro atoms. The molecule has 0 aromatic carbocycles. The molecule has 0 aliphatic heterocycles. The molecule has 0 saturated carbocycles. The number of nitrogens with two attached hydrogens (primary N) is 3. The Morgan fingerprint density at radius 2 is 1.66 bits per heavy atom. The van der Waals surface area contributed by atoms with Crippen LogP contribution in [0.15, 0.2) is 4.99 Å². The lowest BCUT2D eigenvalue weighted by molar-refractivity contribution is -0.143. The molecule has 4 atom stereocenters. The summed E-state index contributed by atoms with van der Waals surface area (Å²) in [6, 6.07) is -3.05. The van der Waals surface area contributed by atoms with Gasteiger partial charge in [0.05, 0.1) is 6.54 Å². The van der Waals surface area contributed by atoms with E-state index in [1.54, 1.807) is 6.92 Å². The second-order valence-electron chi connectivity index (χ2n) is 6.71. The van der Waals surface area contributed by atoms with E-state index in [4.69, 9.17) is 17.2 Å². The van der Waals surface area contributed by atoms with Crippen molar-refractivity contribution < 1.29 is 24.3 Å². The van der Waals surface area contributed by atoms with Gasteiger partial charge in [-0.3, -0.25) is 19.4 Å². The molecule has 10 N–H and O–H groups in total. The lowest BCUT2D eigenvalue weighted by atomic mass is 9.98. The van der Waals surface area contributed by atoms with Gasteiger partial charge in [0.25, 0.3) is 0 Å². The van der Waals surface area contributed by atoms with E-state index in [0.717, 1.165) is 0 Å². The molecule has 12 heteroatoms. The molecule has 0 aliphatic rings. The van der Waals surface area contributed by atoms with Gasteiger partial charge in [-0.15, -0.1) is 0 Å². The number of amides is 3. The minimum absolute atomic E-state index is 0.101. The molecule has 0 aliphatic carbocycles. The molecule has 0 heterocycles. The van der Waals surface area contributed by atoms with Crippen LogP contribution in [0.25, 0.3) is 0 Å². The highest BCUT2D eigenvalue weighted by atomic mass is 16.4. The number of rotatable bonds is 13. The van der Waals surface area contributed by atoms with Crippen molar-refractivity contribution in [3.05, 3.63) is 0 Å². The van der Waals surface area contributed by atoms with Gasteiger partial charge in [0.15, 0.2) is 5.96 Å². The summed E-state index contributed by atoms with van der Waals surface area (Å²) in [4.78, 5) is 51.6. The number of nitrogens with zero attached hydrogens (tertiary/aromatic N) is 1. The van der Waals surface area contributed by atoms with Crippen LogP contribution in [-0.4, -0.2) is 66.0 Å². The zero-order valence-electron chi connectivity index (χ0n) is 17.1. The van der Waals surface area contributed by atoms with Crippen molar-refractivity contribution >= 4 is 29.7 Å². The summed E-state index contributed by atoms with van der Waals surface area (Å²) in [7, 11) is 0. The molecule has 0 bridgehead atoms. The van der Waals surface area contributed by atoms with Gasteiger partial charge < -0.3 is 38.3 Å². The molecule has 0 fully saturated rings. The Bertz CT molecular complexity index is 607. The van der Waals surface area contributed by atoms with E-state index >= 15 is 0 Å². The van der Waals surface area contributed by atoms with Crippen molar-refractivity contribution in [2.45, 2.75) is 58.2 Å². The second-order valence-corrected chi connectivity index (χ2v) is 6.71. The van der Waals surface area contributed by atoms with Crippen LogP contribution in [-0.2, 0) is 19.2 Å². The Hall–Kier alpha value is -2.89. The van der Waals surface area contributed by atoms with E-state index in [2.05, 4.69) is 20.9 Å². The van der Waals surface area contributed by atoms with Crippen molar-refractivity contribution in [1.82, 2.24) is 16.0 Å². The molecule has 0 aromatic heterocycles. The molecular formula is C17H33N7O5. The largest absolute Gasteiger partial charge is 0.480 e. The van der Waals surface area contributed by atoms with Gasteiger partial charge in [-0.1, -0.05) is 20.3 Å². The third-order valence-electron chi connectivity index (χ3n) is 4.31. The van der Waals surface area contributed by atoms with Crippen molar-refractivity contribution in [2.75, 3.05) is 13.1 Å². The summed E-state index contributed by atoms with van der Waals surface area (Å²) in [5.41, 5.74) is 15.7. The van der Waals surface area contributed by atoms with Gasteiger partial charge in [0.2, 0.25) is 17.7 Å². The average molecular weight is 415 g/mol. The summed E-state index contributed by atoms with van der Waals surface area (Å²) in [5.74, 6) is -3.35. The van der Waals surface area contributed by atoms with Crippen LogP contribution in [0.1, 0.15) is 40.0 Å². The lowest BCUT2D eigenvalue weighted by Crippen LogP contribution is -2.56. The van der Waals surface area contributed by atoms with Crippen molar-refractivity contribution in [1.29, 1.82) is 0 Å². The van der Waals surface area contributed by atoms with E-state index in [-0.39, 0.29) is 31.4 Å². The lowest BCUT2D eigenvalue weighted by Gasteiger charge is -2.25. The molecule has 0 rings (SSSR count). The molecule has 0 radical (unpaired) electrons. The molecule has 3 amide bonds. The van der Waals surface area contributed by atoms with Crippen molar-refractivity contribution in [3.8, 4) is 0 Å². The Morgan fingerprint density at radius 1 is 1.03 bits per heavy atom. The summed E-state index contributed by atoms with van der Waals surface area (Å²) in [6.07, 6.45) is 1.07. The second kappa shape index (κ2) is 13.3. The third-order valence-corrected chi connectivity index (χ3v) is 4.31. The first-order chi connectivity index (χ1) is 13.5. The number of aliphatic carboxylic acids is 1. The Labute approximate surface area is 170 Å². The van der Waals surface area contributed by atoms with Gasteiger partial charge >= 0.3 is 5.97 Å². The number of aliphatic imine (C=N–C) groups is 1. The average Bonchev–Trinajstić information content (AvgIpc) is 2.66. The summed E-state index contributed by atoms with van der Waals surface area (Å²) in [5, 5.41) is 16.7. The maximum atomic E-state index is 12.7. The van der Waals surface area contributed by atoms with Crippen molar-refractivity contribution in [2.24, 2.45) is 28.1 Å². The monoisotopic (exact) mass is 415 g/mol. The Balaban J connectivity index is 5.22. The number of nitrogens with one attached hydrogen (secondary N) is 3. The molecular weight excluding hydrogens is 382 g/mol. The van der Waals surface area contributed by atoms with Crippen LogP contribution in [0, 0.1) is 5.92 Å². The molecule has 29 heavy (non-hydrogen) atoms. The van der Waals surface area contributed by atoms with Crippen LogP contribution in [0.2, 0.25) is 0 Å². The predicted molar refractivity (Wildman–Crippen MR) is 108 cm³/mol. The fraction of sp³-hybridized carbons (Fsp3) is 0.706. The van der Waals surface area contributed by atoms with Gasteiger partial charge in [0.1, 0.15) is 18.1 Å². The fourth-order valence-corrected chi connectivity index (χ4v) is 2.37. The van der Waals surface area contributed by atoms with Crippen LogP contribution in [0.3, 0.4) is 0 Å². The number of hydrogen-bond acceptors (Lipinski definition) is 6. The van der Waals surface area contributed by atoms with E-state index in [0.29, 0.717) is 12.8 Å². The SMILES string of the molecule is CCC(C)C(NC(=O)C(CCCN=C(N)N)NC(=O)C(C)NC(=O)CN)C(=O)O. The number of hydrogen-bond donors (Lipinski definition) is 7. The number of carboxylic acid groups (broad SMARTS) is 1. The number of carbonyl (C=O) groups is 4. The van der Waals surface area contributed by atoms with Crippen LogP contribution < -0.4 is 33.2 Å². The van der Waals surface area contributed by atoms with Gasteiger partial charge in [-0.05, 0) is 25.7 Å². The number of carbonyl (C=O) groups excluding carboxylic acids is 3. The molecule has 0 aromatic rings. The first kappa shape index (κ1) is 26.1. The van der Waals surface area contributed by atoms with Crippen molar-refractivity contribution in [3.63, 3.8) is 0 Å². The highest BCUT2D eigenvalue weighted by molar-refractivity contribution is 5.93. The highest BCUT2D eigenvalue weighted by Gasteiger charge is 2.30. The molecule has 166 valence electrons. The first-order valence-electron chi connectivity index (χ1n) is 9.41. The highest BCUT2D eigenvalue weighted by Crippen LogP contribution is 2.09. The Morgan fingerprint density at radius 3 is 2.14 bits per heavy atom. The third kappa shape index (κ3) is 10.3. The fourth-order valence-electron chi connectivity index (χ4n) is 2.37. The van der Waals surface area contributed by atoms with E-state index in [1.165, 1.54) is 6.92 Å². The summed E-state index contributed by atoms with van der Waals surface area (Å²) >= 11 is 0. The summed E-state index contributed by atoms with van der Waals surface area (Å²) in [6.45, 7) is 4.90. The topological polar surface area (TPSA) is 215 Å². The van der Waals surface area contributed by atoms with Gasteiger partial charge in [0, 0.05) is 6.54 Å². The standard InChI is InChI=1S/C17H33N7O5/c1-4-9(2)13(16(28)29)24-15(27)11(6-5-7-21-17(19)20)23-14(26)10(3)22-12(25)8-18/h9-11,13H,4-8,18H2,1-3H3,(H,22,25)(H,23,26)(H,24,27)(H,28,29)(H4,19,20,21). The van der Waals surface area contributed by atoms with Gasteiger partial charge in [-0.2, -0.15) is 0 Å². The molecule has 12 nitrogen and oxygen atoms in total.